The molecule has 1 aromatic heterocycles. The topological polar surface area (TPSA) is 40.5 Å². The van der Waals surface area contributed by atoms with Gasteiger partial charge in [0.25, 0.3) is 5.91 Å². The van der Waals surface area contributed by atoms with Crippen LogP contribution in [0.15, 0.2) is 48.5 Å². The molecule has 0 unspecified atom stereocenters. The van der Waals surface area contributed by atoms with Gasteiger partial charge in [0.1, 0.15) is 0 Å². The van der Waals surface area contributed by atoms with E-state index in [0.29, 0.717) is 16.6 Å². The lowest BCUT2D eigenvalue weighted by atomic mass is 10.0. The lowest BCUT2D eigenvalue weighted by Crippen LogP contribution is -2.47. The first-order valence-corrected chi connectivity index (χ1v) is 13.1. The van der Waals surface area contributed by atoms with Gasteiger partial charge in [0.2, 0.25) is 0 Å². The zero-order valence-electron chi connectivity index (χ0n) is 20.8. The number of hydrogen-bond donors (Lipinski definition) is 1. The number of piperazine rings is 1. The Morgan fingerprint density at radius 2 is 1.69 bits per heavy atom. The van der Waals surface area contributed by atoms with Crippen LogP contribution in [0.2, 0.25) is 10.0 Å². The second-order valence-corrected chi connectivity index (χ2v) is 9.84. The van der Waals surface area contributed by atoms with Crippen molar-refractivity contribution in [1.82, 2.24) is 14.8 Å². The number of rotatable bonds is 8. The number of anilines is 1. The molecule has 0 spiro atoms. The Hall–Kier alpha value is -2.47. The number of benzene rings is 2. The molecule has 5 nitrogen and oxygen atoms in total. The number of aromatic nitrogens is 1. The molecule has 1 aliphatic rings. The lowest BCUT2D eigenvalue weighted by molar-refractivity contribution is 0.0950. The number of nitrogens with zero attached hydrogens (tertiary/aromatic N) is 3. The Balaban J connectivity index is 1.30. The summed E-state index contributed by atoms with van der Waals surface area (Å²) >= 11 is 12.6. The van der Waals surface area contributed by atoms with Crippen molar-refractivity contribution in [3.63, 3.8) is 0 Å². The highest BCUT2D eigenvalue weighted by Gasteiger charge is 2.23. The van der Waals surface area contributed by atoms with Gasteiger partial charge in [-0.05, 0) is 57.0 Å². The van der Waals surface area contributed by atoms with E-state index in [1.807, 2.05) is 43.3 Å². The van der Waals surface area contributed by atoms with E-state index in [4.69, 9.17) is 23.2 Å². The molecule has 0 saturated carbocycles. The van der Waals surface area contributed by atoms with E-state index < -0.39 is 0 Å². The van der Waals surface area contributed by atoms with E-state index in [1.54, 1.807) is 0 Å². The number of carbonyl (C=O) groups is 1. The molecule has 0 bridgehead atoms. The minimum absolute atomic E-state index is 0.0183. The number of hydrogen-bond acceptors (Lipinski definition) is 3. The first-order chi connectivity index (χ1) is 16.9. The SMILES string of the molecule is CCn1c(C)c(C(=O)NCCCN2CCN(c3cccc(Cl)c3Cl)CC2)c(C)c1-c1ccccc1. The summed E-state index contributed by atoms with van der Waals surface area (Å²) in [7, 11) is 0. The Kier molecular flexibility index (Phi) is 8.42. The molecule has 7 heteroatoms. The fourth-order valence-electron chi connectivity index (χ4n) is 5.14. The van der Waals surface area contributed by atoms with E-state index in [-0.39, 0.29) is 5.91 Å². The molecule has 1 fully saturated rings. The predicted octanol–water partition coefficient (Wildman–Crippen LogP) is 6.04. The zero-order valence-corrected chi connectivity index (χ0v) is 22.3. The Morgan fingerprint density at radius 1 is 0.971 bits per heavy atom. The van der Waals surface area contributed by atoms with Crippen LogP contribution in [0.1, 0.15) is 35.0 Å². The van der Waals surface area contributed by atoms with Crippen molar-refractivity contribution in [2.75, 3.05) is 44.2 Å². The van der Waals surface area contributed by atoms with Gasteiger partial charge in [0.05, 0.1) is 27.0 Å². The van der Waals surface area contributed by atoms with Gasteiger partial charge in [-0.25, -0.2) is 0 Å². The maximum absolute atomic E-state index is 13.1. The summed E-state index contributed by atoms with van der Waals surface area (Å²) in [6.45, 7) is 12.4. The number of nitrogens with one attached hydrogen (secondary N) is 1. The number of carbonyl (C=O) groups excluding carboxylic acids is 1. The van der Waals surface area contributed by atoms with Crippen LogP contribution in [0.4, 0.5) is 5.69 Å². The standard InChI is InChI=1S/C28H34Cl2N4O/c1-4-34-21(3)25(20(2)27(34)22-10-6-5-7-11-22)28(35)31-14-9-15-32-16-18-33(19-17-32)24-13-8-12-23(29)26(24)30/h5-8,10-13H,4,9,14-19H2,1-3H3,(H,31,35). The minimum Gasteiger partial charge on any atom is -0.368 e. The van der Waals surface area contributed by atoms with Gasteiger partial charge in [-0.2, -0.15) is 0 Å². The summed E-state index contributed by atoms with van der Waals surface area (Å²) in [4.78, 5) is 17.9. The quantitative estimate of drug-likeness (QED) is 0.374. The maximum atomic E-state index is 13.1. The van der Waals surface area contributed by atoms with Crippen LogP contribution in [0.25, 0.3) is 11.3 Å². The minimum atomic E-state index is 0.0183. The van der Waals surface area contributed by atoms with Crippen molar-refractivity contribution in [2.24, 2.45) is 0 Å². The van der Waals surface area contributed by atoms with E-state index >= 15 is 0 Å². The molecule has 0 radical (unpaired) electrons. The molecule has 3 aromatic rings. The third-order valence-corrected chi connectivity index (χ3v) is 7.75. The first-order valence-electron chi connectivity index (χ1n) is 12.4. The van der Waals surface area contributed by atoms with Gasteiger partial charge in [0.15, 0.2) is 0 Å². The second kappa shape index (κ2) is 11.5. The fourth-order valence-corrected chi connectivity index (χ4v) is 5.55. The molecule has 1 aliphatic heterocycles. The summed E-state index contributed by atoms with van der Waals surface area (Å²) in [6.07, 6.45) is 0.918. The molecule has 0 aliphatic carbocycles. The van der Waals surface area contributed by atoms with Gasteiger partial charge >= 0.3 is 0 Å². The molecule has 186 valence electrons. The molecule has 0 atom stereocenters. The van der Waals surface area contributed by atoms with Crippen LogP contribution in [0, 0.1) is 13.8 Å². The zero-order chi connectivity index (χ0) is 24.9. The Bertz CT molecular complexity index is 1170. The second-order valence-electron chi connectivity index (χ2n) is 9.06. The molecule has 1 N–H and O–H groups in total. The first kappa shape index (κ1) is 25.6. The summed E-state index contributed by atoms with van der Waals surface area (Å²) in [5, 5.41) is 4.39. The Labute approximate surface area is 218 Å². The monoisotopic (exact) mass is 512 g/mol. The van der Waals surface area contributed by atoms with Crippen LogP contribution in [-0.2, 0) is 6.54 Å². The molecule has 1 amide bonds. The van der Waals surface area contributed by atoms with E-state index in [2.05, 4.69) is 45.7 Å². The van der Waals surface area contributed by atoms with Crippen molar-refractivity contribution in [3.05, 3.63) is 75.4 Å². The van der Waals surface area contributed by atoms with Crippen molar-refractivity contribution in [2.45, 2.75) is 33.7 Å². The van der Waals surface area contributed by atoms with Crippen molar-refractivity contribution >= 4 is 34.8 Å². The molecule has 35 heavy (non-hydrogen) atoms. The largest absolute Gasteiger partial charge is 0.368 e. The normalized spacial score (nSPS) is 14.4. The third kappa shape index (κ3) is 5.53. The van der Waals surface area contributed by atoms with Crippen LogP contribution >= 0.6 is 23.2 Å². The highest BCUT2D eigenvalue weighted by Crippen LogP contribution is 2.33. The van der Waals surface area contributed by atoms with E-state index in [0.717, 1.165) is 79.5 Å². The van der Waals surface area contributed by atoms with Crippen LogP contribution in [-0.4, -0.2) is 54.6 Å². The van der Waals surface area contributed by atoms with Gasteiger partial charge in [-0.15, -0.1) is 0 Å². The lowest BCUT2D eigenvalue weighted by Gasteiger charge is -2.36. The molecular formula is C28H34Cl2N4O. The van der Waals surface area contributed by atoms with Crippen LogP contribution in [0.3, 0.4) is 0 Å². The summed E-state index contributed by atoms with van der Waals surface area (Å²) in [5.74, 6) is 0.0183. The average molecular weight is 514 g/mol. The number of halogens is 2. The van der Waals surface area contributed by atoms with E-state index in [9.17, 15) is 4.79 Å². The third-order valence-electron chi connectivity index (χ3n) is 6.94. The van der Waals surface area contributed by atoms with Crippen LogP contribution < -0.4 is 10.2 Å². The molecular weight excluding hydrogens is 479 g/mol. The molecule has 4 rings (SSSR count). The molecule has 1 saturated heterocycles. The summed E-state index contributed by atoms with van der Waals surface area (Å²) in [5.41, 5.74) is 6.16. The van der Waals surface area contributed by atoms with E-state index in [1.165, 1.54) is 0 Å². The molecule has 2 aromatic carbocycles. The highest BCUT2D eigenvalue weighted by atomic mass is 35.5. The summed E-state index contributed by atoms with van der Waals surface area (Å²) < 4.78 is 2.24. The van der Waals surface area contributed by atoms with Crippen molar-refractivity contribution < 1.29 is 4.79 Å². The van der Waals surface area contributed by atoms with Crippen molar-refractivity contribution in [1.29, 1.82) is 0 Å². The van der Waals surface area contributed by atoms with Crippen LogP contribution in [0.5, 0.6) is 0 Å². The smallest absolute Gasteiger partial charge is 0.253 e. The van der Waals surface area contributed by atoms with Gasteiger partial charge in [-0.1, -0.05) is 59.6 Å². The van der Waals surface area contributed by atoms with Gasteiger partial charge in [0, 0.05) is 45.0 Å². The van der Waals surface area contributed by atoms with Gasteiger partial charge < -0.3 is 14.8 Å². The summed E-state index contributed by atoms with van der Waals surface area (Å²) in [6, 6.07) is 16.1. The van der Waals surface area contributed by atoms with Gasteiger partial charge in [-0.3, -0.25) is 9.69 Å². The van der Waals surface area contributed by atoms with Crippen molar-refractivity contribution in [3.8, 4) is 11.3 Å². The number of amides is 1. The predicted molar refractivity (Wildman–Crippen MR) is 147 cm³/mol. The highest BCUT2D eigenvalue weighted by molar-refractivity contribution is 6.43. The maximum Gasteiger partial charge on any atom is 0.253 e. The average Bonchev–Trinajstić information content (AvgIpc) is 3.13. The molecule has 2 heterocycles. The Morgan fingerprint density at radius 3 is 2.37 bits per heavy atom. The fraction of sp³-hybridized carbons (Fsp3) is 0.393.